The van der Waals surface area contributed by atoms with Gasteiger partial charge in [0.15, 0.2) is 0 Å². The Labute approximate surface area is 93.0 Å². The van der Waals surface area contributed by atoms with Crippen molar-refractivity contribution >= 4 is 11.6 Å². The van der Waals surface area contributed by atoms with Crippen LogP contribution in [0.3, 0.4) is 0 Å². The number of anilines is 2. The quantitative estimate of drug-likeness (QED) is 0.823. The fourth-order valence-electron chi connectivity index (χ4n) is 1.64. The van der Waals surface area contributed by atoms with Crippen LogP contribution >= 0.6 is 0 Å². The minimum absolute atomic E-state index is 0. The number of nitrogens with zero attached hydrogens (tertiary/aromatic N) is 2. The summed E-state index contributed by atoms with van der Waals surface area (Å²) in [6.07, 6.45) is 3.93. The summed E-state index contributed by atoms with van der Waals surface area (Å²) in [5.74, 6) is 2.05. The van der Waals surface area contributed by atoms with E-state index in [4.69, 9.17) is 0 Å². The minimum Gasteiger partial charge on any atom is -0.367 e. The zero-order chi connectivity index (χ0) is 10.7. The standard InChI is InChI=1S/C12H19N3.H2/c1-3-15(2)12-9-5-8-11(14-12)13-10-6-4-7-10;/h5,8-10H,3-4,6-7H2,1-2H3,(H,13,14);1H. The predicted octanol–water partition coefficient (Wildman–Crippen LogP) is 2.75. The van der Waals surface area contributed by atoms with Gasteiger partial charge in [0.1, 0.15) is 11.6 Å². The molecule has 1 aliphatic rings. The Morgan fingerprint density at radius 2 is 2.33 bits per heavy atom. The summed E-state index contributed by atoms with van der Waals surface area (Å²) in [5, 5.41) is 3.46. The molecule has 0 radical (unpaired) electrons. The summed E-state index contributed by atoms with van der Waals surface area (Å²) in [6.45, 7) is 3.12. The first-order valence-corrected chi connectivity index (χ1v) is 5.74. The van der Waals surface area contributed by atoms with Crippen molar-refractivity contribution in [2.45, 2.75) is 32.2 Å². The third-order valence-corrected chi connectivity index (χ3v) is 3.06. The molecule has 1 saturated carbocycles. The van der Waals surface area contributed by atoms with Crippen LogP contribution < -0.4 is 10.2 Å². The number of hydrogen-bond donors (Lipinski definition) is 1. The Morgan fingerprint density at radius 1 is 1.53 bits per heavy atom. The van der Waals surface area contributed by atoms with Gasteiger partial charge in [0.05, 0.1) is 0 Å². The van der Waals surface area contributed by atoms with E-state index in [2.05, 4.69) is 41.3 Å². The van der Waals surface area contributed by atoms with Gasteiger partial charge in [0, 0.05) is 21.1 Å². The van der Waals surface area contributed by atoms with Crippen LogP contribution in [0, 0.1) is 0 Å². The van der Waals surface area contributed by atoms with Crippen molar-refractivity contribution < 1.29 is 1.43 Å². The van der Waals surface area contributed by atoms with Crippen molar-refractivity contribution in [3.63, 3.8) is 0 Å². The van der Waals surface area contributed by atoms with Crippen LogP contribution in [0.4, 0.5) is 11.6 Å². The van der Waals surface area contributed by atoms with Gasteiger partial charge in [-0.2, -0.15) is 0 Å². The molecule has 1 heterocycles. The monoisotopic (exact) mass is 207 g/mol. The molecule has 84 valence electrons. The Morgan fingerprint density at radius 3 is 2.93 bits per heavy atom. The van der Waals surface area contributed by atoms with Gasteiger partial charge in [-0.25, -0.2) is 4.98 Å². The molecule has 0 atom stereocenters. The van der Waals surface area contributed by atoms with Crippen molar-refractivity contribution in [3.8, 4) is 0 Å². The SMILES string of the molecule is CCN(C)c1cccc(NC2CCC2)n1.[HH]. The summed E-state index contributed by atoms with van der Waals surface area (Å²) in [5.41, 5.74) is 0. The van der Waals surface area contributed by atoms with Crippen LogP contribution in [0.25, 0.3) is 0 Å². The highest BCUT2D eigenvalue weighted by atomic mass is 15.2. The molecule has 3 nitrogen and oxygen atoms in total. The highest BCUT2D eigenvalue weighted by Crippen LogP contribution is 2.23. The maximum Gasteiger partial charge on any atom is 0.130 e. The molecule has 0 saturated heterocycles. The van der Waals surface area contributed by atoms with Gasteiger partial charge in [-0.05, 0) is 38.3 Å². The number of nitrogens with one attached hydrogen (secondary N) is 1. The molecule has 0 aromatic carbocycles. The molecule has 0 bridgehead atoms. The molecule has 0 aliphatic heterocycles. The lowest BCUT2D eigenvalue weighted by atomic mass is 9.93. The topological polar surface area (TPSA) is 28.2 Å². The number of pyridine rings is 1. The fraction of sp³-hybridized carbons (Fsp3) is 0.583. The molecule has 1 aromatic heterocycles. The van der Waals surface area contributed by atoms with Crippen molar-refractivity contribution in [1.29, 1.82) is 0 Å². The average Bonchev–Trinajstić information content (AvgIpc) is 2.23. The number of hydrogen-bond acceptors (Lipinski definition) is 3. The van der Waals surface area contributed by atoms with E-state index >= 15 is 0 Å². The maximum atomic E-state index is 4.58. The molecule has 1 aromatic rings. The Balaban J connectivity index is 0.00000128. The molecular formula is C12H21N3. The Kier molecular flexibility index (Phi) is 3.09. The van der Waals surface area contributed by atoms with Crippen LogP contribution in [0.2, 0.25) is 0 Å². The van der Waals surface area contributed by atoms with E-state index in [9.17, 15) is 0 Å². The smallest absolute Gasteiger partial charge is 0.130 e. The summed E-state index contributed by atoms with van der Waals surface area (Å²) < 4.78 is 0. The fourth-order valence-corrected chi connectivity index (χ4v) is 1.64. The summed E-state index contributed by atoms with van der Waals surface area (Å²) >= 11 is 0. The van der Waals surface area contributed by atoms with Gasteiger partial charge in [-0.15, -0.1) is 0 Å². The van der Waals surface area contributed by atoms with E-state index in [1.807, 2.05) is 6.07 Å². The van der Waals surface area contributed by atoms with Crippen molar-refractivity contribution in [3.05, 3.63) is 18.2 Å². The zero-order valence-corrected chi connectivity index (χ0v) is 9.53. The molecule has 1 fully saturated rings. The third kappa shape index (κ3) is 2.41. The first kappa shape index (κ1) is 10.3. The van der Waals surface area contributed by atoms with Crippen molar-refractivity contribution in [2.24, 2.45) is 0 Å². The molecule has 0 unspecified atom stereocenters. The molecule has 1 N–H and O–H groups in total. The van der Waals surface area contributed by atoms with Crippen molar-refractivity contribution in [2.75, 3.05) is 23.8 Å². The minimum atomic E-state index is 0. The summed E-state index contributed by atoms with van der Waals surface area (Å²) in [6, 6.07) is 6.82. The van der Waals surface area contributed by atoms with Crippen LogP contribution in [-0.2, 0) is 0 Å². The van der Waals surface area contributed by atoms with Gasteiger partial charge >= 0.3 is 0 Å². The normalized spacial score (nSPS) is 15.9. The van der Waals surface area contributed by atoms with Gasteiger partial charge in [-0.1, -0.05) is 6.07 Å². The molecule has 0 amide bonds. The summed E-state index contributed by atoms with van der Waals surface area (Å²) in [7, 11) is 2.06. The van der Waals surface area contributed by atoms with E-state index in [0.717, 1.165) is 18.2 Å². The third-order valence-electron chi connectivity index (χ3n) is 3.06. The molecule has 3 heteroatoms. The lowest BCUT2D eigenvalue weighted by molar-refractivity contribution is 0.444. The predicted molar refractivity (Wildman–Crippen MR) is 66.6 cm³/mol. The maximum absolute atomic E-state index is 4.58. The molecular weight excluding hydrogens is 186 g/mol. The second-order valence-corrected chi connectivity index (χ2v) is 4.17. The van der Waals surface area contributed by atoms with Gasteiger partial charge in [0.25, 0.3) is 0 Å². The second kappa shape index (κ2) is 4.51. The van der Waals surface area contributed by atoms with E-state index in [1.54, 1.807) is 0 Å². The van der Waals surface area contributed by atoms with E-state index in [-0.39, 0.29) is 1.43 Å². The lowest BCUT2D eigenvalue weighted by Crippen LogP contribution is -2.27. The summed E-state index contributed by atoms with van der Waals surface area (Å²) in [4.78, 5) is 6.72. The Hall–Kier alpha value is -1.25. The van der Waals surface area contributed by atoms with E-state index in [1.165, 1.54) is 19.3 Å². The second-order valence-electron chi connectivity index (χ2n) is 4.17. The first-order valence-electron chi connectivity index (χ1n) is 5.74. The van der Waals surface area contributed by atoms with Crippen LogP contribution in [0.15, 0.2) is 18.2 Å². The molecule has 1 aliphatic carbocycles. The van der Waals surface area contributed by atoms with Crippen LogP contribution in [-0.4, -0.2) is 24.6 Å². The van der Waals surface area contributed by atoms with Crippen LogP contribution in [0.5, 0.6) is 0 Å². The average molecular weight is 207 g/mol. The van der Waals surface area contributed by atoms with E-state index < -0.39 is 0 Å². The van der Waals surface area contributed by atoms with Gasteiger partial charge < -0.3 is 10.2 Å². The van der Waals surface area contributed by atoms with Gasteiger partial charge in [0.2, 0.25) is 0 Å². The lowest BCUT2D eigenvalue weighted by Gasteiger charge is -2.27. The van der Waals surface area contributed by atoms with E-state index in [0.29, 0.717) is 6.04 Å². The number of aromatic nitrogens is 1. The van der Waals surface area contributed by atoms with Gasteiger partial charge in [-0.3, -0.25) is 0 Å². The first-order chi connectivity index (χ1) is 7.29. The Bertz CT molecular complexity index is 326. The molecule has 2 rings (SSSR count). The highest BCUT2D eigenvalue weighted by Gasteiger charge is 2.17. The van der Waals surface area contributed by atoms with Crippen LogP contribution in [0.1, 0.15) is 27.6 Å². The number of rotatable bonds is 4. The molecule has 0 spiro atoms. The zero-order valence-electron chi connectivity index (χ0n) is 9.53. The van der Waals surface area contributed by atoms with Crippen molar-refractivity contribution in [1.82, 2.24) is 4.98 Å². The molecule has 15 heavy (non-hydrogen) atoms. The highest BCUT2D eigenvalue weighted by molar-refractivity contribution is 5.47. The largest absolute Gasteiger partial charge is 0.367 e.